The van der Waals surface area contributed by atoms with Gasteiger partial charge < -0.3 is 37.4 Å². The summed E-state index contributed by atoms with van der Waals surface area (Å²) < 4.78 is 0. The molecule has 62 heavy (non-hydrogen) atoms. The number of rotatable bonds is 51. The lowest BCUT2D eigenvalue weighted by Gasteiger charge is -2.29. The maximum atomic E-state index is 14.3. The van der Waals surface area contributed by atoms with Gasteiger partial charge in [0.25, 0.3) is 0 Å². The third-order valence-electron chi connectivity index (χ3n) is 12.6. The second-order valence-electron chi connectivity index (χ2n) is 18.6. The quantitative estimate of drug-likeness (QED) is 0.0329. The molecule has 0 aliphatic heterocycles. The molecule has 0 radical (unpaired) electrons. The number of carbonyl (C=O) groups is 3. The van der Waals surface area contributed by atoms with Gasteiger partial charge in [-0.1, -0.05) is 206 Å². The zero-order chi connectivity index (χ0) is 45.4. The third-order valence-corrected chi connectivity index (χ3v) is 12.6. The van der Waals surface area contributed by atoms with Crippen LogP contribution in [0.1, 0.15) is 258 Å². The fourth-order valence-corrected chi connectivity index (χ4v) is 8.54. The van der Waals surface area contributed by atoms with Crippen LogP contribution in [0, 0.1) is 0 Å². The molecule has 368 valence electrons. The highest BCUT2D eigenvalue weighted by Crippen LogP contribution is 2.17. The van der Waals surface area contributed by atoms with Crippen molar-refractivity contribution in [2.45, 2.75) is 270 Å². The van der Waals surface area contributed by atoms with E-state index < -0.39 is 18.1 Å². The van der Waals surface area contributed by atoms with Crippen molar-refractivity contribution >= 4 is 17.8 Å². The largest absolute Gasteiger partial charge is 0.481 e. The highest BCUT2D eigenvalue weighted by atomic mass is 16.4. The Kier molecular flexibility index (Phi) is 47.3. The van der Waals surface area contributed by atoms with Gasteiger partial charge in [0, 0.05) is 19.5 Å². The van der Waals surface area contributed by atoms with E-state index in [1.807, 2.05) is 4.90 Å². The number of carbonyl (C=O) groups excluding carboxylic acids is 2. The van der Waals surface area contributed by atoms with Crippen LogP contribution in [0.2, 0.25) is 0 Å². The van der Waals surface area contributed by atoms with Crippen LogP contribution in [0.5, 0.6) is 0 Å². The van der Waals surface area contributed by atoms with E-state index in [9.17, 15) is 19.5 Å². The van der Waals surface area contributed by atoms with Gasteiger partial charge in [0.15, 0.2) is 0 Å². The molecule has 0 spiro atoms. The second-order valence-corrected chi connectivity index (χ2v) is 18.6. The summed E-state index contributed by atoms with van der Waals surface area (Å²) in [5.41, 5.74) is 11.4. The number of nitrogens with two attached hydrogens (primary N) is 2. The highest BCUT2D eigenvalue weighted by Gasteiger charge is 2.29. The van der Waals surface area contributed by atoms with Gasteiger partial charge in [-0.2, -0.15) is 0 Å². The molecule has 0 saturated heterocycles. The molecule has 0 aromatic carbocycles. The number of nitrogens with one attached hydrogen (secondary N) is 3. The van der Waals surface area contributed by atoms with E-state index >= 15 is 0 Å². The zero-order valence-corrected chi connectivity index (χ0v) is 41.2. The van der Waals surface area contributed by atoms with Gasteiger partial charge in [-0.25, -0.2) is 0 Å². The summed E-state index contributed by atoms with van der Waals surface area (Å²) in [6.07, 6.45) is 44.6. The molecular weight excluding hydrogens is 773 g/mol. The first kappa shape index (κ1) is 60.2. The molecule has 2 atom stereocenters. The molecule has 10 nitrogen and oxygen atoms in total. The van der Waals surface area contributed by atoms with Gasteiger partial charge >= 0.3 is 5.97 Å². The van der Waals surface area contributed by atoms with Crippen molar-refractivity contribution in [2.24, 2.45) is 11.5 Å². The average Bonchev–Trinajstić information content (AvgIpc) is 3.26. The number of nitrogens with zero attached hydrogens (tertiary/aromatic N) is 1. The molecule has 10 heteroatoms. The van der Waals surface area contributed by atoms with Crippen molar-refractivity contribution in [3.63, 3.8) is 0 Å². The maximum Gasteiger partial charge on any atom is 0.303 e. The van der Waals surface area contributed by atoms with Gasteiger partial charge in [-0.3, -0.25) is 14.4 Å². The molecule has 0 aliphatic rings. The van der Waals surface area contributed by atoms with Crippen molar-refractivity contribution in [3.8, 4) is 0 Å². The van der Waals surface area contributed by atoms with E-state index in [0.717, 1.165) is 58.0 Å². The number of aliphatic carboxylic acids is 1. The van der Waals surface area contributed by atoms with Crippen molar-refractivity contribution in [2.75, 3.05) is 45.8 Å². The Morgan fingerprint density at radius 2 is 0.806 bits per heavy atom. The Morgan fingerprint density at radius 3 is 1.18 bits per heavy atom. The molecule has 0 aromatic rings. The molecule has 0 fully saturated rings. The van der Waals surface area contributed by atoms with Crippen LogP contribution < -0.4 is 27.4 Å². The zero-order valence-electron chi connectivity index (χ0n) is 41.2. The number of carboxylic acids is 1. The summed E-state index contributed by atoms with van der Waals surface area (Å²) in [6, 6.07) is -1.34. The minimum Gasteiger partial charge on any atom is -0.481 e. The van der Waals surface area contributed by atoms with E-state index in [1.165, 1.54) is 180 Å². The predicted octanol–water partition coefficient (Wildman–Crippen LogP) is 11.7. The van der Waals surface area contributed by atoms with E-state index in [-0.39, 0.29) is 24.7 Å². The number of hydrogen-bond acceptors (Lipinski definition) is 7. The summed E-state index contributed by atoms with van der Waals surface area (Å²) in [5.74, 6) is -1.33. The number of carboxylic acid groups (broad SMARTS) is 1. The van der Waals surface area contributed by atoms with Crippen LogP contribution in [0.4, 0.5) is 0 Å². The number of hydrogen-bond donors (Lipinski definition) is 6. The van der Waals surface area contributed by atoms with Gasteiger partial charge in [0.05, 0.1) is 6.04 Å². The average molecular weight is 879 g/mol. The van der Waals surface area contributed by atoms with Gasteiger partial charge in [-0.05, 0) is 77.7 Å². The van der Waals surface area contributed by atoms with Crippen LogP contribution in [0.15, 0.2) is 0 Å². The molecule has 0 bridgehead atoms. The normalized spacial score (nSPS) is 12.5. The lowest BCUT2D eigenvalue weighted by molar-refractivity contribution is -0.140. The Balaban J connectivity index is 5.09. The monoisotopic (exact) mass is 879 g/mol. The Hall–Kier alpha value is -1.75. The van der Waals surface area contributed by atoms with Crippen molar-refractivity contribution < 1.29 is 19.5 Å². The Bertz CT molecular complexity index is 936. The molecule has 1 unspecified atom stereocenters. The molecular formula is C52H106N6O4. The lowest BCUT2D eigenvalue weighted by Crippen LogP contribution is -2.54. The molecule has 0 aromatic heterocycles. The summed E-state index contributed by atoms with van der Waals surface area (Å²) >= 11 is 0. The van der Waals surface area contributed by atoms with Crippen LogP contribution in [0.25, 0.3) is 0 Å². The maximum absolute atomic E-state index is 14.3. The molecule has 2 amide bonds. The van der Waals surface area contributed by atoms with Crippen molar-refractivity contribution in [3.05, 3.63) is 0 Å². The third kappa shape index (κ3) is 41.0. The first-order valence-corrected chi connectivity index (χ1v) is 27.1. The predicted molar refractivity (Wildman–Crippen MR) is 266 cm³/mol. The Labute approximate surface area is 384 Å². The second kappa shape index (κ2) is 48.7. The van der Waals surface area contributed by atoms with Crippen LogP contribution in [-0.4, -0.2) is 85.7 Å². The summed E-state index contributed by atoms with van der Waals surface area (Å²) in [7, 11) is 0. The topological polar surface area (TPSA) is 163 Å². The summed E-state index contributed by atoms with van der Waals surface area (Å²) in [6.45, 7) is 9.25. The first-order chi connectivity index (χ1) is 30.4. The Morgan fingerprint density at radius 1 is 0.452 bits per heavy atom. The standard InChI is InChI=1S/C52H106N6O4/c1-3-5-7-9-11-13-15-17-19-21-23-25-27-29-31-33-46-58(47-34-32-30-28-26-24-22-20-18-16-14-12-10-8-6-4-2)52(62)49(39-40-50(59)60)57-51(61)48(56-45-37-42-54)38-35-43-55-44-36-41-53/h48-49,55-56H,3-47,53-54H2,1-2H3,(H,57,61)(H,59,60)/t48-,49?/m0/s1. The van der Waals surface area contributed by atoms with Crippen LogP contribution in [-0.2, 0) is 14.4 Å². The molecule has 0 saturated carbocycles. The minimum absolute atomic E-state index is 0.0878. The smallest absolute Gasteiger partial charge is 0.303 e. The molecule has 0 heterocycles. The van der Waals surface area contributed by atoms with E-state index in [4.69, 9.17) is 11.5 Å². The van der Waals surface area contributed by atoms with E-state index in [0.29, 0.717) is 39.1 Å². The molecule has 0 aliphatic carbocycles. The fourth-order valence-electron chi connectivity index (χ4n) is 8.54. The highest BCUT2D eigenvalue weighted by molar-refractivity contribution is 5.90. The number of unbranched alkanes of at least 4 members (excludes halogenated alkanes) is 30. The van der Waals surface area contributed by atoms with E-state index in [2.05, 4.69) is 29.8 Å². The van der Waals surface area contributed by atoms with Crippen molar-refractivity contribution in [1.82, 2.24) is 20.9 Å². The van der Waals surface area contributed by atoms with Gasteiger partial charge in [0.1, 0.15) is 6.04 Å². The first-order valence-electron chi connectivity index (χ1n) is 27.1. The number of amides is 2. The van der Waals surface area contributed by atoms with Crippen molar-refractivity contribution in [1.29, 1.82) is 0 Å². The van der Waals surface area contributed by atoms with Gasteiger partial charge in [-0.15, -0.1) is 0 Å². The van der Waals surface area contributed by atoms with Crippen LogP contribution in [0.3, 0.4) is 0 Å². The van der Waals surface area contributed by atoms with Gasteiger partial charge in [0.2, 0.25) is 11.8 Å². The summed E-state index contributed by atoms with van der Waals surface area (Å²) in [5, 5.41) is 19.4. The lowest BCUT2D eigenvalue weighted by atomic mass is 10.0. The van der Waals surface area contributed by atoms with Crippen LogP contribution >= 0.6 is 0 Å². The molecule has 0 rings (SSSR count). The SMILES string of the molecule is CCCCCCCCCCCCCCCCCCN(CCCCCCCCCCCCCCCCCC)C(=O)C(CCC(=O)O)NC(=O)[C@H](CCCNCCCN)NCCCN. The van der Waals surface area contributed by atoms with E-state index in [1.54, 1.807) is 0 Å². The fraction of sp³-hybridized carbons (Fsp3) is 0.942. The molecule has 8 N–H and O–H groups in total. The summed E-state index contributed by atoms with van der Waals surface area (Å²) in [4.78, 5) is 41.7. The minimum atomic E-state index is -0.958.